The Morgan fingerprint density at radius 2 is 1.87 bits per heavy atom. The topological polar surface area (TPSA) is 54.5 Å². The van der Waals surface area contributed by atoms with E-state index in [1.165, 1.54) is 29.0 Å². The van der Waals surface area contributed by atoms with E-state index in [0.717, 1.165) is 29.2 Å². The molecule has 3 aromatic rings. The van der Waals surface area contributed by atoms with E-state index in [-0.39, 0.29) is 17.8 Å². The molecule has 1 fully saturated rings. The maximum absolute atomic E-state index is 13.4. The predicted molar refractivity (Wildman–Crippen MR) is 116 cm³/mol. The Kier molecular flexibility index (Phi) is 6.52. The van der Waals surface area contributed by atoms with Gasteiger partial charge in [-0.2, -0.15) is 0 Å². The normalized spacial score (nSPS) is 15.7. The van der Waals surface area contributed by atoms with Crippen LogP contribution in [0.25, 0.3) is 10.6 Å². The fourth-order valence-electron chi connectivity index (χ4n) is 3.52. The Hall–Kier alpha value is -2.61. The lowest BCUT2D eigenvalue weighted by atomic mass is 10.0. The molecule has 2 aromatic carbocycles. The fourth-order valence-corrected chi connectivity index (χ4v) is 4.32. The zero-order valence-corrected chi connectivity index (χ0v) is 17.6. The number of hydrogen-bond acceptors (Lipinski definition) is 5. The van der Waals surface area contributed by atoms with Gasteiger partial charge < -0.3 is 10.1 Å². The second-order valence-electron chi connectivity index (χ2n) is 7.33. The lowest BCUT2D eigenvalue weighted by molar-refractivity contribution is 0.0162. The van der Waals surface area contributed by atoms with E-state index in [1.54, 1.807) is 17.5 Å². The minimum absolute atomic E-state index is 0.0475. The van der Waals surface area contributed by atoms with Crippen molar-refractivity contribution in [3.8, 4) is 10.6 Å². The Morgan fingerprint density at radius 3 is 2.57 bits per heavy atom. The highest BCUT2D eigenvalue weighted by molar-refractivity contribution is 7.13. The molecule has 0 aliphatic carbocycles. The number of halogens is 1. The number of hydrogen-bond donors (Lipinski definition) is 1. The van der Waals surface area contributed by atoms with Crippen molar-refractivity contribution in [2.45, 2.75) is 13.0 Å². The summed E-state index contributed by atoms with van der Waals surface area (Å²) >= 11 is 1.46. The molecule has 0 bridgehead atoms. The molecule has 0 spiro atoms. The van der Waals surface area contributed by atoms with Gasteiger partial charge in [0.05, 0.1) is 19.3 Å². The van der Waals surface area contributed by atoms with Gasteiger partial charge in [0, 0.05) is 30.6 Å². The molecule has 2 heterocycles. The number of thiazole rings is 1. The van der Waals surface area contributed by atoms with Crippen LogP contribution in [0.3, 0.4) is 0 Å². The number of benzene rings is 2. The van der Waals surface area contributed by atoms with Crippen molar-refractivity contribution in [2.24, 2.45) is 0 Å². The van der Waals surface area contributed by atoms with Crippen LogP contribution in [0.4, 0.5) is 4.39 Å². The van der Waals surface area contributed by atoms with E-state index in [4.69, 9.17) is 4.74 Å². The van der Waals surface area contributed by atoms with Crippen LogP contribution < -0.4 is 5.32 Å². The molecular formula is C23H24FN3O2S. The van der Waals surface area contributed by atoms with Crippen molar-refractivity contribution in [3.63, 3.8) is 0 Å². The van der Waals surface area contributed by atoms with E-state index in [9.17, 15) is 9.18 Å². The highest BCUT2D eigenvalue weighted by Crippen LogP contribution is 2.25. The molecule has 5 nitrogen and oxygen atoms in total. The van der Waals surface area contributed by atoms with Gasteiger partial charge in [-0.05, 0) is 24.6 Å². The van der Waals surface area contributed by atoms with Gasteiger partial charge in [0.1, 0.15) is 16.5 Å². The molecule has 1 unspecified atom stereocenters. The first-order chi connectivity index (χ1) is 14.6. The first kappa shape index (κ1) is 20.7. The maximum atomic E-state index is 13.4. The number of nitrogens with zero attached hydrogens (tertiary/aromatic N) is 2. The Morgan fingerprint density at radius 1 is 1.17 bits per heavy atom. The van der Waals surface area contributed by atoms with Crippen LogP contribution in [0, 0.1) is 12.7 Å². The monoisotopic (exact) mass is 425 g/mol. The average Bonchev–Trinajstić information content (AvgIpc) is 3.27. The van der Waals surface area contributed by atoms with Gasteiger partial charge in [-0.3, -0.25) is 9.69 Å². The molecule has 0 saturated carbocycles. The number of carbonyl (C=O) groups is 1. The zero-order valence-electron chi connectivity index (χ0n) is 16.8. The Balaban J connectivity index is 1.45. The first-order valence-electron chi connectivity index (χ1n) is 9.98. The average molecular weight is 426 g/mol. The van der Waals surface area contributed by atoms with Crippen molar-refractivity contribution >= 4 is 17.2 Å². The van der Waals surface area contributed by atoms with Crippen LogP contribution in [0.15, 0.2) is 53.9 Å². The number of ether oxygens (including phenoxy) is 1. The summed E-state index contributed by atoms with van der Waals surface area (Å²) in [5, 5.41) is 5.62. The van der Waals surface area contributed by atoms with Crippen LogP contribution in [0.1, 0.15) is 27.7 Å². The zero-order chi connectivity index (χ0) is 20.9. The summed E-state index contributed by atoms with van der Waals surface area (Å²) in [6, 6.07) is 14.5. The van der Waals surface area contributed by atoms with Gasteiger partial charge in [0.2, 0.25) is 0 Å². The largest absolute Gasteiger partial charge is 0.379 e. The summed E-state index contributed by atoms with van der Waals surface area (Å²) in [6.45, 7) is 5.30. The highest BCUT2D eigenvalue weighted by atomic mass is 32.1. The van der Waals surface area contributed by atoms with Gasteiger partial charge in [0.15, 0.2) is 0 Å². The summed E-state index contributed by atoms with van der Waals surface area (Å²) in [5.41, 5.74) is 3.57. The molecule has 1 N–H and O–H groups in total. The molecular weight excluding hydrogens is 401 g/mol. The van der Waals surface area contributed by atoms with E-state index < -0.39 is 0 Å². The van der Waals surface area contributed by atoms with Gasteiger partial charge in [-0.15, -0.1) is 11.3 Å². The van der Waals surface area contributed by atoms with Crippen molar-refractivity contribution in [3.05, 3.63) is 76.5 Å². The quantitative estimate of drug-likeness (QED) is 0.647. The van der Waals surface area contributed by atoms with Crippen LogP contribution in [0.2, 0.25) is 0 Å². The summed E-state index contributed by atoms with van der Waals surface area (Å²) in [6.07, 6.45) is 0. The smallest absolute Gasteiger partial charge is 0.270 e. The van der Waals surface area contributed by atoms with E-state index in [0.29, 0.717) is 25.5 Å². The predicted octanol–water partition coefficient (Wildman–Crippen LogP) is 4.06. The van der Waals surface area contributed by atoms with Crippen molar-refractivity contribution in [1.29, 1.82) is 0 Å². The van der Waals surface area contributed by atoms with E-state index in [2.05, 4.69) is 15.2 Å². The number of amides is 1. The van der Waals surface area contributed by atoms with Crippen LogP contribution in [0.5, 0.6) is 0 Å². The minimum atomic E-state index is -0.269. The molecule has 30 heavy (non-hydrogen) atoms. The van der Waals surface area contributed by atoms with Gasteiger partial charge >= 0.3 is 0 Å². The van der Waals surface area contributed by atoms with Crippen LogP contribution in [-0.4, -0.2) is 48.6 Å². The molecule has 1 atom stereocenters. The Labute approximate surface area is 179 Å². The number of aryl methyl sites for hydroxylation is 1. The molecule has 1 aliphatic rings. The molecule has 0 radical (unpaired) electrons. The molecule has 1 aliphatic heterocycles. The number of morpholine rings is 1. The number of carbonyl (C=O) groups excluding carboxylic acids is 1. The van der Waals surface area contributed by atoms with Gasteiger partial charge in [0.25, 0.3) is 5.91 Å². The second-order valence-corrected chi connectivity index (χ2v) is 8.19. The molecule has 1 amide bonds. The minimum Gasteiger partial charge on any atom is -0.379 e. The maximum Gasteiger partial charge on any atom is 0.270 e. The summed E-state index contributed by atoms with van der Waals surface area (Å²) < 4.78 is 18.8. The molecule has 156 valence electrons. The van der Waals surface area contributed by atoms with Crippen molar-refractivity contribution < 1.29 is 13.9 Å². The fraction of sp³-hybridized carbons (Fsp3) is 0.304. The van der Waals surface area contributed by atoms with Crippen molar-refractivity contribution in [2.75, 3.05) is 32.8 Å². The summed E-state index contributed by atoms with van der Waals surface area (Å²) in [7, 11) is 0. The third-order valence-corrected chi connectivity index (χ3v) is 6.12. The lowest BCUT2D eigenvalue weighted by Crippen LogP contribution is -2.43. The molecule has 4 rings (SSSR count). The third-order valence-electron chi connectivity index (χ3n) is 5.23. The second kappa shape index (κ2) is 9.47. The lowest BCUT2D eigenvalue weighted by Gasteiger charge is -2.34. The van der Waals surface area contributed by atoms with Gasteiger partial charge in [-0.1, -0.05) is 42.0 Å². The SMILES string of the molecule is Cc1ccc(-c2nc(C(=O)NCC(c3ccc(F)cc3)N3CCOCC3)cs2)cc1. The third kappa shape index (κ3) is 4.92. The number of rotatable bonds is 6. The van der Waals surface area contributed by atoms with Crippen LogP contribution >= 0.6 is 11.3 Å². The molecule has 7 heteroatoms. The molecule has 1 aromatic heterocycles. The number of aromatic nitrogens is 1. The summed E-state index contributed by atoms with van der Waals surface area (Å²) in [5.74, 6) is -0.473. The Bertz CT molecular complexity index is 982. The van der Waals surface area contributed by atoms with Gasteiger partial charge in [-0.25, -0.2) is 9.37 Å². The van der Waals surface area contributed by atoms with Crippen molar-refractivity contribution in [1.82, 2.24) is 15.2 Å². The standard InChI is InChI=1S/C23H24FN3O2S/c1-16-2-4-18(5-3-16)23-26-20(15-30-23)22(28)25-14-21(27-10-12-29-13-11-27)17-6-8-19(24)9-7-17/h2-9,15,21H,10-14H2,1H3,(H,25,28). The molecule has 1 saturated heterocycles. The highest BCUT2D eigenvalue weighted by Gasteiger charge is 2.24. The first-order valence-corrected chi connectivity index (χ1v) is 10.9. The van der Waals surface area contributed by atoms with E-state index in [1.807, 2.05) is 31.2 Å². The summed E-state index contributed by atoms with van der Waals surface area (Å²) in [4.78, 5) is 19.5. The van der Waals surface area contributed by atoms with E-state index >= 15 is 0 Å². The number of nitrogens with one attached hydrogen (secondary N) is 1. The van der Waals surface area contributed by atoms with Crippen LogP contribution in [-0.2, 0) is 4.74 Å².